The number of primary amides is 1. The smallest absolute Gasteiger partial charge is 0.245 e. The topological polar surface area (TPSA) is 109 Å². The lowest BCUT2D eigenvalue weighted by Gasteiger charge is -2.25. The Balaban J connectivity index is 2.54. The highest BCUT2D eigenvalue weighted by molar-refractivity contribution is 5.74. The molecule has 21 heavy (non-hydrogen) atoms. The molecular weight excluding hydrogens is 281 g/mol. The molecule has 0 aliphatic carbocycles. The van der Waals surface area contributed by atoms with E-state index in [-0.39, 0.29) is 19.9 Å². The summed E-state index contributed by atoms with van der Waals surface area (Å²) < 4.78 is 14.1. The summed E-state index contributed by atoms with van der Waals surface area (Å²) in [4.78, 5) is 25.4. The Hall–Kier alpha value is -2.07. The summed E-state index contributed by atoms with van der Waals surface area (Å²) in [7, 11) is 0. The molecule has 116 valence electrons. The normalized spacial score (nSPS) is 12.1. The number of amides is 2. The fourth-order valence-electron chi connectivity index (χ4n) is 1.53. The van der Waals surface area contributed by atoms with Gasteiger partial charge < -0.3 is 11.1 Å². The Morgan fingerprint density at radius 3 is 2.76 bits per heavy atom. The molecule has 0 spiro atoms. The summed E-state index contributed by atoms with van der Waals surface area (Å²) >= 11 is 0. The molecule has 8 nitrogen and oxygen atoms in total. The zero-order chi connectivity index (χ0) is 15.5. The number of carbonyl (C=O) groups is 2. The lowest BCUT2D eigenvalue weighted by atomic mass is 10.2. The maximum Gasteiger partial charge on any atom is 0.245 e. The van der Waals surface area contributed by atoms with Gasteiger partial charge in [-0.2, -0.15) is 5.48 Å². The van der Waals surface area contributed by atoms with E-state index >= 15 is 0 Å². The van der Waals surface area contributed by atoms with Crippen LogP contribution in [0.1, 0.15) is 11.7 Å². The number of nitrogens with one attached hydrogen (secondary N) is 3. The van der Waals surface area contributed by atoms with Gasteiger partial charge in [0, 0.05) is 0 Å². The Bertz CT molecular complexity index is 434. The summed E-state index contributed by atoms with van der Waals surface area (Å²) in [6, 6.07) is 8.80. The number of rotatable bonds is 11. The first-order chi connectivity index (χ1) is 10.1. The minimum absolute atomic E-state index is 0.0889. The second kappa shape index (κ2) is 9.77. The molecule has 5 N–H and O–H groups in total. The first kappa shape index (κ1) is 17.0. The molecule has 0 saturated carbocycles. The maximum atomic E-state index is 14.1. The zero-order valence-electron chi connectivity index (χ0n) is 11.3. The van der Waals surface area contributed by atoms with Gasteiger partial charge in [0.25, 0.3) is 0 Å². The molecule has 0 aromatic heterocycles. The third kappa shape index (κ3) is 6.77. The molecule has 2 amide bonds. The van der Waals surface area contributed by atoms with Crippen molar-refractivity contribution in [3.8, 4) is 0 Å². The molecule has 1 aromatic rings. The van der Waals surface area contributed by atoms with E-state index in [2.05, 4.69) is 21.0 Å². The van der Waals surface area contributed by atoms with Crippen LogP contribution in [-0.4, -0.2) is 37.4 Å². The Kier molecular flexibility index (Phi) is 7.90. The number of halogens is 1. The Labute approximate surface area is 121 Å². The Morgan fingerprint density at radius 1 is 1.43 bits per heavy atom. The molecule has 9 heteroatoms. The van der Waals surface area contributed by atoms with E-state index in [1.165, 1.54) is 0 Å². The molecule has 1 atom stereocenters. The number of hydrogen-bond donors (Lipinski definition) is 4. The van der Waals surface area contributed by atoms with Crippen molar-refractivity contribution in [1.29, 1.82) is 0 Å². The lowest BCUT2D eigenvalue weighted by Crippen LogP contribution is -2.42. The predicted octanol–water partition coefficient (Wildman–Crippen LogP) is -0.871. The fraction of sp³-hybridized carbons (Fsp3) is 0.333. The molecule has 1 aromatic carbocycles. The van der Waals surface area contributed by atoms with Crippen molar-refractivity contribution >= 4 is 12.3 Å². The first-order valence-corrected chi connectivity index (χ1v) is 6.16. The van der Waals surface area contributed by atoms with Gasteiger partial charge in [0.2, 0.25) is 12.3 Å². The van der Waals surface area contributed by atoms with Gasteiger partial charge in [-0.05, 0) is 5.56 Å². The molecule has 0 heterocycles. The molecule has 1 rings (SSSR count). The highest BCUT2D eigenvalue weighted by Gasteiger charge is 2.19. The van der Waals surface area contributed by atoms with E-state index in [4.69, 9.17) is 5.73 Å². The SMILES string of the molecule is NC(=O)CONCN(F)C(NCNC=O)c1ccccc1. The second-order valence-electron chi connectivity index (χ2n) is 3.97. The van der Waals surface area contributed by atoms with Crippen LogP contribution in [-0.2, 0) is 14.4 Å². The van der Waals surface area contributed by atoms with Gasteiger partial charge in [-0.1, -0.05) is 30.3 Å². The molecular formula is C12H18FN5O3. The van der Waals surface area contributed by atoms with Crippen LogP contribution in [0.15, 0.2) is 30.3 Å². The van der Waals surface area contributed by atoms with Crippen molar-refractivity contribution in [2.24, 2.45) is 5.73 Å². The molecule has 0 radical (unpaired) electrons. The van der Waals surface area contributed by atoms with Gasteiger partial charge in [-0.15, -0.1) is 9.60 Å². The highest BCUT2D eigenvalue weighted by Crippen LogP contribution is 2.16. The van der Waals surface area contributed by atoms with E-state index < -0.39 is 12.1 Å². The van der Waals surface area contributed by atoms with Crippen LogP contribution in [0.5, 0.6) is 0 Å². The molecule has 0 aliphatic heterocycles. The van der Waals surface area contributed by atoms with Crippen LogP contribution < -0.4 is 21.8 Å². The lowest BCUT2D eigenvalue weighted by molar-refractivity contribution is -0.131. The number of nitrogens with zero attached hydrogens (tertiary/aromatic N) is 1. The van der Waals surface area contributed by atoms with Crippen molar-refractivity contribution < 1.29 is 18.9 Å². The summed E-state index contributed by atoms with van der Waals surface area (Å²) in [5, 5.41) is 5.61. The third-order valence-corrected chi connectivity index (χ3v) is 2.41. The average molecular weight is 299 g/mol. The van der Waals surface area contributed by atoms with Gasteiger partial charge in [0.05, 0.1) is 6.67 Å². The van der Waals surface area contributed by atoms with Crippen LogP contribution in [0, 0.1) is 0 Å². The minimum atomic E-state index is -0.802. The van der Waals surface area contributed by atoms with Gasteiger partial charge in [-0.3, -0.25) is 19.7 Å². The van der Waals surface area contributed by atoms with Gasteiger partial charge >= 0.3 is 0 Å². The van der Waals surface area contributed by atoms with E-state index in [0.717, 1.165) is 0 Å². The summed E-state index contributed by atoms with van der Waals surface area (Å²) in [5.74, 6) is -0.666. The monoisotopic (exact) mass is 299 g/mol. The quantitative estimate of drug-likeness (QED) is 0.139. The summed E-state index contributed by atoms with van der Waals surface area (Å²) in [5.41, 5.74) is 7.81. The zero-order valence-corrected chi connectivity index (χ0v) is 11.3. The number of hydroxylamine groups is 1. The molecule has 1 unspecified atom stereocenters. The van der Waals surface area contributed by atoms with E-state index in [9.17, 15) is 14.1 Å². The Morgan fingerprint density at radius 2 is 2.14 bits per heavy atom. The summed E-state index contributed by atoms with van der Waals surface area (Å²) in [6.07, 6.45) is -0.297. The molecule has 0 aliphatic rings. The predicted molar refractivity (Wildman–Crippen MR) is 72.5 cm³/mol. The van der Waals surface area contributed by atoms with Crippen LogP contribution in [0.2, 0.25) is 0 Å². The van der Waals surface area contributed by atoms with E-state index in [1.807, 2.05) is 0 Å². The van der Waals surface area contributed by atoms with Crippen LogP contribution in [0.25, 0.3) is 0 Å². The summed E-state index contributed by atoms with van der Waals surface area (Å²) in [6.45, 7) is -0.573. The number of benzene rings is 1. The van der Waals surface area contributed by atoms with E-state index in [0.29, 0.717) is 17.1 Å². The largest absolute Gasteiger partial charge is 0.368 e. The van der Waals surface area contributed by atoms with Crippen molar-refractivity contribution in [3.05, 3.63) is 35.9 Å². The van der Waals surface area contributed by atoms with E-state index in [1.54, 1.807) is 30.3 Å². The molecule has 0 bridgehead atoms. The van der Waals surface area contributed by atoms with Crippen molar-refractivity contribution in [2.45, 2.75) is 6.17 Å². The average Bonchev–Trinajstić information content (AvgIpc) is 2.48. The van der Waals surface area contributed by atoms with Crippen molar-refractivity contribution in [1.82, 2.24) is 21.2 Å². The molecule has 0 saturated heterocycles. The van der Waals surface area contributed by atoms with Crippen LogP contribution >= 0.6 is 0 Å². The first-order valence-electron chi connectivity index (χ1n) is 6.16. The van der Waals surface area contributed by atoms with Crippen molar-refractivity contribution in [3.63, 3.8) is 0 Å². The van der Waals surface area contributed by atoms with Gasteiger partial charge in [0.1, 0.15) is 19.4 Å². The van der Waals surface area contributed by atoms with Crippen molar-refractivity contribution in [2.75, 3.05) is 19.9 Å². The number of nitrogens with two attached hydrogens (primary N) is 1. The number of carbonyl (C=O) groups excluding carboxylic acids is 2. The van der Waals surface area contributed by atoms with Crippen LogP contribution in [0.3, 0.4) is 0 Å². The fourth-order valence-corrected chi connectivity index (χ4v) is 1.53. The van der Waals surface area contributed by atoms with Gasteiger partial charge in [-0.25, -0.2) is 0 Å². The van der Waals surface area contributed by atoms with Gasteiger partial charge in [0.15, 0.2) is 0 Å². The molecule has 0 fully saturated rings. The van der Waals surface area contributed by atoms with Crippen LogP contribution in [0.4, 0.5) is 4.48 Å². The third-order valence-electron chi connectivity index (χ3n) is 2.41. The second-order valence-corrected chi connectivity index (χ2v) is 3.97. The number of hydrogen-bond acceptors (Lipinski definition) is 6. The minimum Gasteiger partial charge on any atom is -0.368 e. The standard InChI is InChI=1S/C12H18FN5O3/c13-18(8-17-21-6-11(14)20)12(16-7-15-9-19)10-4-2-1-3-5-10/h1-5,9,12,16-17H,6-8H2,(H2,14,20)(H,15,19). The maximum absolute atomic E-state index is 14.1. The highest BCUT2D eigenvalue weighted by atomic mass is 19.2.